The highest BCUT2D eigenvalue weighted by Crippen LogP contribution is 2.36. The summed E-state index contributed by atoms with van der Waals surface area (Å²) in [6.45, 7) is 10.1. The molecule has 0 saturated carbocycles. The van der Waals surface area contributed by atoms with Crippen LogP contribution in [0.4, 0.5) is 21.6 Å². The van der Waals surface area contributed by atoms with Gasteiger partial charge in [-0.1, -0.05) is 0 Å². The number of imide groups is 1. The number of likely N-dealkylation sites (tertiary alicyclic amines) is 1. The van der Waals surface area contributed by atoms with E-state index in [0.29, 0.717) is 41.7 Å². The van der Waals surface area contributed by atoms with Crippen molar-refractivity contribution in [3.8, 4) is 28.3 Å². The number of carbonyl (C=O) groups is 2. The summed E-state index contributed by atoms with van der Waals surface area (Å²) in [6, 6.07) is 14.4. The second kappa shape index (κ2) is 16.9. The number of hydrogen-bond donors (Lipinski definition) is 3. The number of anilines is 3. The van der Waals surface area contributed by atoms with Crippen LogP contribution in [-0.2, 0) is 23.2 Å². The Balaban J connectivity index is 0.830. The Kier molecular flexibility index (Phi) is 11.4. The molecule has 3 aromatic heterocycles. The maximum atomic E-state index is 14.5. The van der Waals surface area contributed by atoms with E-state index in [1.807, 2.05) is 31.3 Å². The van der Waals surface area contributed by atoms with Gasteiger partial charge in [-0.2, -0.15) is 20.1 Å². The van der Waals surface area contributed by atoms with E-state index in [2.05, 4.69) is 59.4 Å². The number of nitrogens with one attached hydrogen (secondary N) is 2. The highest BCUT2D eigenvalue weighted by molar-refractivity contribution is 6.01. The van der Waals surface area contributed by atoms with Crippen LogP contribution >= 0.6 is 0 Å². The van der Waals surface area contributed by atoms with Crippen molar-refractivity contribution in [3.05, 3.63) is 84.1 Å². The van der Waals surface area contributed by atoms with Crippen molar-refractivity contribution in [2.75, 3.05) is 48.7 Å². The number of aryl methyl sites for hydroxylation is 2. The van der Waals surface area contributed by atoms with E-state index in [4.69, 9.17) is 15.6 Å². The maximum absolute atomic E-state index is 14.5. The molecule has 0 spiro atoms. The van der Waals surface area contributed by atoms with Gasteiger partial charge in [0.05, 0.1) is 18.1 Å². The predicted molar refractivity (Wildman–Crippen MR) is 220 cm³/mol. The lowest BCUT2D eigenvalue weighted by Crippen LogP contribution is -2.47. The van der Waals surface area contributed by atoms with Crippen molar-refractivity contribution >= 4 is 29.0 Å². The molecule has 3 saturated heterocycles. The number of pyridine rings is 1. The molecule has 3 aliphatic rings. The zero-order valence-corrected chi connectivity index (χ0v) is 33.4. The molecular formula is C43H52FN11O3. The third-order valence-electron chi connectivity index (χ3n) is 11.9. The molecule has 304 valence electrons. The van der Waals surface area contributed by atoms with Crippen molar-refractivity contribution in [1.29, 1.82) is 0 Å². The van der Waals surface area contributed by atoms with Crippen molar-refractivity contribution < 1.29 is 18.7 Å². The molecule has 3 aliphatic heterocycles. The Bertz CT molecular complexity index is 2240. The number of ether oxygens (including phenoxy) is 1. The van der Waals surface area contributed by atoms with Gasteiger partial charge in [0.2, 0.25) is 11.8 Å². The molecule has 14 nitrogen and oxygen atoms in total. The van der Waals surface area contributed by atoms with E-state index < -0.39 is 6.10 Å². The molecule has 5 aromatic rings. The van der Waals surface area contributed by atoms with Crippen LogP contribution in [0.3, 0.4) is 0 Å². The quantitative estimate of drug-likeness (QED) is 0.132. The number of hydrogen-bond acceptors (Lipinski definition) is 11. The van der Waals surface area contributed by atoms with Gasteiger partial charge in [0.1, 0.15) is 23.7 Å². The van der Waals surface area contributed by atoms with Gasteiger partial charge in [-0.25, -0.2) is 9.37 Å². The highest BCUT2D eigenvalue weighted by Gasteiger charge is 2.28. The number of piperidine rings is 3. The number of carbonyl (C=O) groups excluding carboxylic acids is 2. The van der Waals surface area contributed by atoms with Crippen molar-refractivity contribution in [3.63, 3.8) is 0 Å². The lowest BCUT2D eigenvalue weighted by Gasteiger charge is -2.38. The minimum Gasteiger partial charge on any atom is -0.482 e. The predicted octanol–water partition coefficient (Wildman–Crippen LogP) is 5.76. The normalized spacial score (nSPS) is 19.0. The van der Waals surface area contributed by atoms with Gasteiger partial charge >= 0.3 is 0 Å². The summed E-state index contributed by atoms with van der Waals surface area (Å²) in [6.07, 6.45) is 10.2. The number of amides is 2. The van der Waals surface area contributed by atoms with Crippen LogP contribution in [0.15, 0.2) is 67.1 Å². The standard InChI is InChI=1S/C43H52FN11O3/c1-27-22-48-55(41(27)31-20-39(42(45)46-23-31)58-28(2)36-21-32(44)4-9-35(36)38-24-47-52(3)51-38)26-30-12-16-53(17-13-30)25-29-14-18-54(19-15-29)34-7-5-33(6-8-34)49-37-10-11-40(56)50-43(37)57/h4-9,20-24,28-30,37,49H,10-19,25-26H2,1-3H3,(H2,45,46)(H,50,56,57)/t28-,37?/m1/s1. The van der Waals surface area contributed by atoms with Crippen LogP contribution in [-0.4, -0.2) is 85.2 Å². The summed E-state index contributed by atoms with van der Waals surface area (Å²) < 4.78 is 23.0. The lowest BCUT2D eigenvalue weighted by atomic mass is 9.92. The molecule has 58 heavy (non-hydrogen) atoms. The molecule has 15 heteroatoms. The Hall–Kier alpha value is -5.83. The van der Waals surface area contributed by atoms with Gasteiger partial charge in [0.25, 0.3) is 0 Å². The van der Waals surface area contributed by atoms with Gasteiger partial charge < -0.3 is 25.6 Å². The first-order valence-electron chi connectivity index (χ1n) is 20.3. The number of rotatable bonds is 12. The Morgan fingerprint density at radius 3 is 2.40 bits per heavy atom. The van der Waals surface area contributed by atoms with E-state index in [9.17, 15) is 14.0 Å². The first kappa shape index (κ1) is 39.0. The summed E-state index contributed by atoms with van der Waals surface area (Å²) in [5.41, 5.74) is 13.3. The van der Waals surface area contributed by atoms with Crippen molar-refractivity contribution in [2.45, 2.75) is 71.1 Å². The molecule has 2 aromatic carbocycles. The molecule has 4 N–H and O–H groups in total. The summed E-state index contributed by atoms with van der Waals surface area (Å²) in [5.74, 6) is 1.03. The van der Waals surface area contributed by atoms with E-state index in [1.54, 1.807) is 25.5 Å². The zero-order chi connectivity index (χ0) is 40.3. The maximum Gasteiger partial charge on any atom is 0.249 e. The van der Waals surface area contributed by atoms with Crippen molar-refractivity contribution in [2.24, 2.45) is 18.9 Å². The Labute approximate surface area is 337 Å². The van der Waals surface area contributed by atoms with Crippen LogP contribution in [0.5, 0.6) is 5.75 Å². The first-order valence-corrected chi connectivity index (χ1v) is 20.3. The lowest BCUT2D eigenvalue weighted by molar-refractivity contribution is -0.133. The molecule has 2 atom stereocenters. The van der Waals surface area contributed by atoms with Crippen LogP contribution in [0, 0.1) is 24.6 Å². The van der Waals surface area contributed by atoms with E-state index in [0.717, 1.165) is 93.0 Å². The van der Waals surface area contributed by atoms with Crippen LogP contribution in [0.1, 0.15) is 62.7 Å². The van der Waals surface area contributed by atoms with Gasteiger partial charge in [-0.05, 0) is 125 Å². The largest absolute Gasteiger partial charge is 0.482 e. The molecule has 8 rings (SSSR count). The van der Waals surface area contributed by atoms with Crippen LogP contribution in [0.2, 0.25) is 0 Å². The van der Waals surface area contributed by atoms with E-state index >= 15 is 0 Å². The van der Waals surface area contributed by atoms with Gasteiger partial charge in [-0.15, -0.1) is 0 Å². The minimum absolute atomic E-state index is 0.205. The van der Waals surface area contributed by atoms with Gasteiger partial charge in [0, 0.05) is 73.9 Å². The Morgan fingerprint density at radius 2 is 1.67 bits per heavy atom. The monoisotopic (exact) mass is 789 g/mol. The molecule has 2 amide bonds. The van der Waals surface area contributed by atoms with Gasteiger partial charge in [0.15, 0.2) is 11.6 Å². The SMILES string of the molecule is Cc1cnn(CC2CCN(CC3CCN(c4ccc(NC5CCC(=O)NC5=O)cc4)CC3)CC2)c1-c1cnc(N)c(O[C@H](C)c2cc(F)ccc2-c2cnn(C)n2)c1. The highest BCUT2D eigenvalue weighted by atomic mass is 19.1. The molecular weight excluding hydrogens is 738 g/mol. The third kappa shape index (κ3) is 8.84. The summed E-state index contributed by atoms with van der Waals surface area (Å²) in [7, 11) is 1.74. The van der Waals surface area contributed by atoms with Crippen molar-refractivity contribution in [1.82, 2.24) is 40.0 Å². The average molecular weight is 790 g/mol. The minimum atomic E-state index is -0.550. The molecule has 6 heterocycles. The number of nitrogen functional groups attached to an aromatic ring is 1. The van der Waals surface area contributed by atoms with Crippen LogP contribution < -0.4 is 26.0 Å². The Morgan fingerprint density at radius 1 is 0.931 bits per heavy atom. The number of halogens is 1. The molecule has 3 fully saturated rings. The van der Waals surface area contributed by atoms with Crippen LogP contribution in [0.25, 0.3) is 22.5 Å². The summed E-state index contributed by atoms with van der Waals surface area (Å²) >= 11 is 0. The molecule has 1 unspecified atom stereocenters. The van der Waals surface area contributed by atoms with E-state index in [-0.39, 0.29) is 29.5 Å². The average Bonchev–Trinajstić information content (AvgIpc) is 3.82. The second-order valence-corrected chi connectivity index (χ2v) is 16.0. The summed E-state index contributed by atoms with van der Waals surface area (Å²) in [4.78, 5) is 34.7. The number of aromatic nitrogens is 6. The van der Waals surface area contributed by atoms with Gasteiger partial charge in [-0.3, -0.25) is 19.6 Å². The third-order valence-corrected chi connectivity index (χ3v) is 11.9. The molecule has 0 radical (unpaired) electrons. The summed E-state index contributed by atoms with van der Waals surface area (Å²) in [5, 5.41) is 19.1. The second-order valence-electron chi connectivity index (χ2n) is 16.0. The smallest absolute Gasteiger partial charge is 0.249 e. The fourth-order valence-corrected chi connectivity index (χ4v) is 8.64. The van der Waals surface area contributed by atoms with E-state index in [1.165, 1.54) is 22.6 Å². The number of nitrogens with zero attached hydrogens (tertiary/aromatic N) is 8. The fourth-order valence-electron chi connectivity index (χ4n) is 8.64. The number of benzene rings is 2. The number of nitrogens with two attached hydrogens (primary N) is 1. The molecule has 0 aliphatic carbocycles. The zero-order valence-electron chi connectivity index (χ0n) is 33.4. The molecule has 0 bridgehead atoms. The first-order chi connectivity index (χ1) is 28.1. The topological polar surface area (TPSA) is 161 Å². The fraction of sp³-hybridized carbons (Fsp3) is 0.442.